The Morgan fingerprint density at radius 2 is 1.76 bits per heavy atom. The van der Waals surface area contributed by atoms with Crippen LogP contribution in [0, 0.1) is 0 Å². The first kappa shape index (κ1) is 23.4. The minimum atomic E-state index is -3.80. The van der Waals surface area contributed by atoms with Gasteiger partial charge >= 0.3 is 0 Å². The van der Waals surface area contributed by atoms with Gasteiger partial charge in [0.05, 0.1) is 4.90 Å². The molecule has 0 spiro atoms. The maximum absolute atomic E-state index is 13.3. The highest BCUT2D eigenvalue weighted by Gasteiger charge is 2.35. The lowest BCUT2D eigenvalue weighted by Crippen LogP contribution is -2.45. The molecule has 1 saturated heterocycles. The third-order valence-corrected chi connectivity index (χ3v) is 9.67. The number of rotatable bonds is 4. The number of imidazole rings is 1. The fraction of sp³-hybridized carbons (Fsp3) is 0.462. The summed E-state index contributed by atoms with van der Waals surface area (Å²) in [7, 11) is -3.80. The number of piperidine rings is 1. The monoisotopic (exact) mass is 499 g/mol. The normalized spacial score (nSPS) is 18.5. The van der Waals surface area contributed by atoms with Crippen molar-refractivity contribution >= 4 is 38.1 Å². The molecule has 1 fully saturated rings. The molecule has 2 aliphatic rings. The van der Waals surface area contributed by atoms with Crippen LogP contribution >= 0.6 is 11.6 Å². The highest BCUT2D eigenvalue weighted by Crippen LogP contribution is 2.32. The summed E-state index contributed by atoms with van der Waals surface area (Å²) in [4.78, 5) is 19.8. The van der Waals surface area contributed by atoms with E-state index < -0.39 is 15.1 Å². The highest BCUT2D eigenvalue weighted by molar-refractivity contribution is 7.92. The molecule has 3 aromatic rings. The van der Waals surface area contributed by atoms with Crippen molar-refractivity contribution in [3.8, 4) is 0 Å². The van der Waals surface area contributed by atoms with Crippen molar-refractivity contribution in [1.29, 1.82) is 0 Å². The van der Waals surface area contributed by atoms with E-state index in [1.54, 1.807) is 41.3 Å². The Kier molecular flexibility index (Phi) is 6.42. The van der Waals surface area contributed by atoms with Gasteiger partial charge in [-0.25, -0.2) is 13.4 Å². The number of aromatic nitrogens is 2. The van der Waals surface area contributed by atoms with Crippen molar-refractivity contribution in [2.75, 3.05) is 13.1 Å². The largest absolute Gasteiger partial charge is 0.342 e. The van der Waals surface area contributed by atoms with Gasteiger partial charge in [0.2, 0.25) is 5.91 Å². The maximum Gasteiger partial charge on any atom is 0.241 e. The molecule has 180 valence electrons. The molecule has 1 amide bonds. The highest BCUT2D eigenvalue weighted by atomic mass is 35.5. The summed E-state index contributed by atoms with van der Waals surface area (Å²) in [6.07, 6.45) is 8.34. The summed E-state index contributed by atoms with van der Waals surface area (Å²) in [5.74, 6) is 1.23. The van der Waals surface area contributed by atoms with Gasteiger partial charge in [-0.3, -0.25) is 4.79 Å². The Morgan fingerprint density at radius 3 is 2.56 bits per heavy atom. The number of hydrogen-bond acceptors (Lipinski definition) is 4. The summed E-state index contributed by atoms with van der Waals surface area (Å²) < 4.78 is 29.0. The van der Waals surface area contributed by atoms with Crippen LogP contribution < -0.4 is 0 Å². The number of hydrogen-bond donors (Lipinski definition) is 0. The first-order valence-electron chi connectivity index (χ1n) is 12.1. The van der Waals surface area contributed by atoms with Gasteiger partial charge in [0.25, 0.3) is 0 Å². The Bertz CT molecular complexity index is 1330. The Morgan fingerprint density at radius 1 is 1.03 bits per heavy atom. The van der Waals surface area contributed by atoms with Crippen molar-refractivity contribution in [3.05, 3.63) is 59.1 Å². The number of benzene rings is 2. The quantitative estimate of drug-likeness (QED) is 0.507. The zero-order valence-corrected chi connectivity index (χ0v) is 21.0. The van der Waals surface area contributed by atoms with Crippen LogP contribution in [-0.4, -0.2) is 47.1 Å². The molecule has 0 saturated carbocycles. The van der Waals surface area contributed by atoms with Crippen LogP contribution in [0.1, 0.15) is 56.5 Å². The molecule has 2 aromatic carbocycles. The maximum atomic E-state index is 13.3. The molecule has 0 radical (unpaired) electrons. The van der Waals surface area contributed by atoms with E-state index in [2.05, 4.69) is 9.55 Å². The number of carbonyl (C=O) groups is 1. The predicted molar refractivity (Wildman–Crippen MR) is 134 cm³/mol. The van der Waals surface area contributed by atoms with Crippen molar-refractivity contribution in [2.45, 2.75) is 68.1 Å². The molecule has 0 bridgehead atoms. The topological polar surface area (TPSA) is 72.3 Å². The number of likely N-dealkylation sites (tertiary alicyclic amines) is 1. The van der Waals surface area contributed by atoms with E-state index in [1.807, 2.05) is 6.20 Å². The molecular weight excluding hydrogens is 470 g/mol. The van der Waals surface area contributed by atoms with Gasteiger partial charge in [-0.2, -0.15) is 0 Å². The third-order valence-electron chi connectivity index (χ3n) is 7.39. The molecule has 34 heavy (non-hydrogen) atoms. The number of amides is 1. The van der Waals surface area contributed by atoms with E-state index in [-0.39, 0.29) is 10.8 Å². The lowest BCUT2D eigenvalue weighted by atomic mass is 9.93. The number of aryl methyl sites for hydroxylation is 1. The van der Waals surface area contributed by atoms with Crippen LogP contribution in [0.4, 0.5) is 0 Å². The number of nitrogens with zero attached hydrogens (tertiary/aromatic N) is 3. The van der Waals surface area contributed by atoms with Crippen LogP contribution in [0.25, 0.3) is 10.8 Å². The van der Waals surface area contributed by atoms with E-state index in [1.165, 1.54) is 37.7 Å². The molecule has 5 rings (SSSR count). The van der Waals surface area contributed by atoms with Gasteiger partial charge in [-0.1, -0.05) is 30.2 Å². The van der Waals surface area contributed by atoms with Gasteiger partial charge in [0, 0.05) is 48.9 Å². The molecule has 2 aliphatic heterocycles. The summed E-state index contributed by atoms with van der Waals surface area (Å²) in [6, 6.07) is 10.3. The van der Waals surface area contributed by atoms with Crippen LogP contribution in [0.15, 0.2) is 47.5 Å². The molecule has 3 heterocycles. The van der Waals surface area contributed by atoms with Crippen LogP contribution in [0.2, 0.25) is 5.02 Å². The zero-order chi connectivity index (χ0) is 23.9. The average molecular weight is 500 g/mol. The van der Waals surface area contributed by atoms with Gasteiger partial charge in [-0.15, -0.1) is 0 Å². The van der Waals surface area contributed by atoms with Gasteiger partial charge < -0.3 is 9.47 Å². The van der Waals surface area contributed by atoms with Gasteiger partial charge in [0.1, 0.15) is 11.1 Å². The average Bonchev–Trinajstić information content (AvgIpc) is 3.10. The molecule has 6 nitrogen and oxygen atoms in total. The van der Waals surface area contributed by atoms with Crippen molar-refractivity contribution < 1.29 is 13.2 Å². The summed E-state index contributed by atoms with van der Waals surface area (Å²) in [6.45, 7) is 3.67. The number of fused-ring (bicyclic) bond motifs is 2. The third kappa shape index (κ3) is 4.36. The second-order valence-electron chi connectivity index (χ2n) is 9.50. The minimum absolute atomic E-state index is 0.167. The minimum Gasteiger partial charge on any atom is -0.342 e. The number of sulfone groups is 1. The predicted octanol–water partition coefficient (Wildman–Crippen LogP) is 4.98. The van der Waals surface area contributed by atoms with E-state index >= 15 is 0 Å². The molecule has 1 atom stereocenters. The van der Waals surface area contributed by atoms with Crippen LogP contribution in [-0.2, 0) is 27.6 Å². The van der Waals surface area contributed by atoms with E-state index in [0.717, 1.165) is 36.6 Å². The van der Waals surface area contributed by atoms with E-state index in [4.69, 9.17) is 11.6 Å². The molecule has 8 heteroatoms. The van der Waals surface area contributed by atoms with E-state index in [9.17, 15) is 13.2 Å². The molecule has 1 unspecified atom stereocenters. The van der Waals surface area contributed by atoms with E-state index in [0.29, 0.717) is 24.0 Å². The van der Waals surface area contributed by atoms with Crippen molar-refractivity contribution in [1.82, 2.24) is 14.5 Å². The number of carbonyl (C=O) groups excluding carboxylic acids is 1. The summed E-state index contributed by atoms with van der Waals surface area (Å²) >= 11 is 6.04. The second-order valence-corrected chi connectivity index (χ2v) is 12.2. The molecular formula is C26H30ClN3O3S. The lowest BCUT2D eigenvalue weighted by molar-refractivity contribution is -0.131. The fourth-order valence-corrected chi connectivity index (χ4v) is 6.86. The Balaban J connectivity index is 1.28. The molecule has 0 aliphatic carbocycles. The smallest absolute Gasteiger partial charge is 0.241 e. The molecule has 1 aromatic heterocycles. The Labute approximate surface area is 205 Å². The Hall–Kier alpha value is -2.38. The van der Waals surface area contributed by atoms with Gasteiger partial charge in [0.15, 0.2) is 9.84 Å². The first-order valence-corrected chi connectivity index (χ1v) is 14.0. The number of halogens is 1. The zero-order valence-electron chi connectivity index (χ0n) is 19.4. The molecule has 0 N–H and O–H groups in total. The lowest BCUT2D eigenvalue weighted by Gasteiger charge is -2.34. The van der Waals surface area contributed by atoms with Crippen LogP contribution in [0.5, 0.6) is 0 Å². The summed E-state index contributed by atoms with van der Waals surface area (Å²) in [5.41, 5.74) is 1.28. The van der Waals surface area contributed by atoms with Crippen LogP contribution in [0.3, 0.4) is 0 Å². The van der Waals surface area contributed by atoms with Crippen molar-refractivity contribution in [2.24, 2.45) is 0 Å². The SMILES string of the molecule is CC(C(=O)N1CCC(c2cnc3n2CCCCC3)CC1)S(=O)(=O)c1ccc2cc(Cl)ccc2c1. The first-order chi connectivity index (χ1) is 16.3. The standard InChI is InChI=1S/C26H30ClN3O3S/c1-18(34(32,33)23-9-7-20-15-22(27)8-6-21(20)16-23)26(31)29-13-10-19(11-14-29)24-17-28-25-5-3-2-4-12-30(24)25/h6-9,15-19H,2-5,10-14H2,1H3. The fourth-order valence-electron chi connectivity index (χ4n) is 5.30. The second kappa shape index (κ2) is 9.34. The van der Waals surface area contributed by atoms with Gasteiger partial charge in [-0.05, 0) is 67.6 Å². The summed E-state index contributed by atoms with van der Waals surface area (Å²) in [5, 5.41) is 1.12. The van der Waals surface area contributed by atoms with Crippen molar-refractivity contribution in [3.63, 3.8) is 0 Å².